The van der Waals surface area contributed by atoms with Gasteiger partial charge < -0.3 is 4.48 Å². The predicted molar refractivity (Wildman–Crippen MR) is 80.9 cm³/mol. The highest BCUT2D eigenvalue weighted by Crippen LogP contribution is 2.20. The Balaban J connectivity index is 0.000000555. The topological polar surface area (TPSA) is 54.4 Å². The molecule has 1 aliphatic heterocycles. The first-order chi connectivity index (χ1) is 8.83. The van der Waals surface area contributed by atoms with Gasteiger partial charge in [-0.2, -0.15) is 8.42 Å². The number of rotatable bonds is 7. The van der Waals surface area contributed by atoms with Crippen LogP contribution in [0.1, 0.15) is 58.8 Å². The summed E-state index contributed by atoms with van der Waals surface area (Å²) in [5, 5.41) is 0. The van der Waals surface area contributed by atoms with Gasteiger partial charge in [0.25, 0.3) is 10.1 Å². The molecule has 5 heteroatoms. The third-order valence-corrected chi connectivity index (χ3v) is 3.92. The zero-order valence-electron chi connectivity index (χ0n) is 12.9. The van der Waals surface area contributed by atoms with E-state index in [-0.39, 0.29) is 0 Å². The highest BCUT2D eigenvalue weighted by atomic mass is 32.2. The molecule has 0 radical (unpaired) electrons. The first kappa shape index (κ1) is 18.9. The van der Waals surface area contributed by atoms with Gasteiger partial charge in [-0.15, -0.1) is 0 Å². The van der Waals surface area contributed by atoms with Crippen molar-refractivity contribution in [1.82, 2.24) is 0 Å². The summed E-state index contributed by atoms with van der Waals surface area (Å²) in [6.45, 7) is 10.4. The number of quaternary nitrogens is 1. The van der Waals surface area contributed by atoms with Crippen LogP contribution in [0.4, 0.5) is 0 Å². The molecular weight excluding hydrogens is 262 g/mol. The van der Waals surface area contributed by atoms with Crippen molar-refractivity contribution in [1.29, 1.82) is 0 Å². The lowest BCUT2D eigenvalue weighted by molar-refractivity contribution is -0.915. The average Bonchev–Trinajstić information content (AvgIpc) is 2.76. The molecule has 1 saturated heterocycles. The summed E-state index contributed by atoms with van der Waals surface area (Å²) in [5.41, 5.74) is 0. The summed E-state index contributed by atoms with van der Waals surface area (Å²) >= 11 is 0. The predicted octanol–water partition coefficient (Wildman–Crippen LogP) is 3.09. The Labute approximate surface area is 119 Å². The summed E-state index contributed by atoms with van der Waals surface area (Å²) in [5.74, 6) is 0. The molecule has 0 atom stereocenters. The second-order valence-electron chi connectivity index (χ2n) is 5.68. The maximum Gasteiger partial charge on any atom is 0.261 e. The van der Waals surface area contributed by atoms with E-state index in [1.54, 1.807) is 0 Å². The minimum atomic E-state index is -3.67. The third-order valence-electron chi connectivity index (χ3n) is 3.92. The molecule has 4 nitrogen and oxygen atoms in total. The minimum absolute atomic E-state index is 0.715. The quantitative estimate of drug-likeness (QED) is 0.446. The monoisotopic (exact) mass is 294 g/mol. The van der Waals surface area contributed by atoms with E-state index < -0.39 is 10.1 Å². The zero-order chi connectivity index (χ0) is 14.8. The molecule has 0 spiro atoms. The number of unbranched alkanes of at least 4 members (excludes halogenated alkanes) is 4. The molecule has 116 valence electrons. The van der Waals surface area contributed by atoms with Crippen LogP contribution in [0.5, 0.6) is 0 Å². The van der Waals surface area contributed by atoms with Gasteiger partial charge in [-0.05, 0) is 19.8 Å². The first-order valence-corrected chi connectivity index (χ1v) is 9.45. The SMILES string of the molecule is CCCCCCC[N+]1(CC)CCCC1.CS(=O)(=O)O. The van der Waals surface area contributed by atoms with Gasteiger partial charge in [-0.1, -0.05) is 26.2 Å². The Morgan fingerprint density at radius 1 is 1.00 bits per heavy atom. The van der Waals surface area contributed by atoms with Gasteiger partial charge in [-0.3, -0.25) is 4.55 Å². The van der Waals surface area contributed by atoms with Crippen molar-refractivity contribution in [3.8, 4) is 0 Å². The van der Waals surface area contributed by atoms with Crippen molar-refractivity contribution in [2.45, 2.75) is 58.8 Å². The Bertz CT molecular complexity index is 301. The Morgan fingerprint density at radius 2 is 1.47 bits per heavy atom. The summed E-state index contributed by atoms with van der Waals surface area (Å²) in [6.07, 6.45) is 10.9. The third kappa shape index (κ3) is 11.4. The van der Waals surface area contributed by atoms with Gasteiger partial charge >= 0.3 is 0 Å². The summed E-state index contributed by atoms with van der Waals surface area (Å²) in [7, 11) is -3.67. The van der Waals surface area contributed by atoms with Crippen LogP contribution in [-0.2, 0) is 10.1 Å². The smallest absolute Gasteiger partial charge is 0.261 e. The van der Waals surface area contributed by atoms with Crippen LogP contribution in [0.3, 0.4) is 0 Å². The lowest BCUT2D eigenvalue weighted by Gasteiger charge is -2.33. The van der Waals surface area contributed by atoms with E-state index in [0.29, 0.717) is 6.26 Å². The highest BCUT2D eigenvalue weighted by Gasteiger charge is 2.28. The van der Waals surface area contributed by atoms with Crippen molar-refractivity contribution in [2.75, 3.05) is 32.4 Å². The van der Waals surface area contributed by atoms with Crippen LogP contribution in [0.2, 0.25) is 0 Å². The Hall–Kier alpha value is -0.130. The largest absolute Gasteiger partial charge is 0.324 e. The van der Waals surface area contributed by atoms with E-state index in [0.717, 1.165) is 0 Å². The van der Waals surface area contributed by atoms with Gasteiger partial charge in [0.15, 0.2) is 0 Å². The molecule has 1 fully saturated rings. The van der Waals surface area contributed by atoms with Crippen LogP contribution in [0.25, 0.3) is 0 Å². The number of nitrogens with zero attached hydrogens (tertiary/aromatic N) is 1. The maximum atomic E-state index is 9.19. The fraction of sp³-hybridized carbons (Fsp3) is 1.00. The van der Waals surface area contributed by atoms with Crippen LogP contribution in [0, 0.1) is 0 Å². The average molecular weight is 294 g/mol. The summed E-state index contributed by atoms with van der Waals surface area (Å²) in [4.78, 5) is 0. The fourth-order valence-electron chi connectivity index (χ4n) is 2.75. The van der Waals surface area contributed by atoms with E-state index >= 15 is 0 Å². The maximum absolute atomic E-state index is 9.19. The van der Waals surface area contributed by atoms with Crippen LogP contribution < -0.4 is 0 Å². The first-order valence-electron chi connectivity index (χ1n) is 7.60. The van der Waals surface area contributed by atoms with Crippen molar-refractivity contribution in [3.63, 3.8) is 0 Å². The molecule has 0 aromatic heterocycles. The lowest BCUT2D eigenvalue weighted by Crippen LogP contribution is -2.45. The van der Waals surface area contributed by atoms with E-state index in [4.69, 9.17) is 4.55 Å². The molecule has 0 saturated carbocycles. The molecule has 19 heavy (non-hydrogen) atoms. The summed E-state index contributed by atoms with van der Waals surface area (Å²) in [6, 6.07) is 0. The van der Waals surface area contributed by atoms with Gasteiger partial charge in [-0.25, -0.2) is 0 Å². The van der Waals surface area contributed by atoms with E-state index in [1.807, 2.05) is 0 Å². The molecule has 0 amide bonds. The van der Waals surface area contributed by atoms with Crippen molar-refractivity contribution < 1.29 is 17.5 Å². The van der Waals surface area contributed by atoms with E-state index in [2.05, 4.69) is 13.8 Å². The molecule has 0 bridgehead atoms. The Morgan fingerprint density at radius 3 is 1.89 bits per heavy atom. The Kier molecular flexibility index (Phi) is 9.66. The molecule has 1 aliphatic rings. The van der Waals surface area contributed by atoms with Gasteiger partial charge in [0.05, 0.1) is 32.4 Å². The van der Waals surface area contributed by atoms with E-state index in [1.165, 1.54) is 75.6 Å². The van der Waals surface area contributed by atoms with Crippen LogP contribution in [-0.4, -0.2) is 49.9 Å². The molecule has 0 aromatic rings. The zero-order valence-corrected chi connectivity index (χ0v) is 13.7. The van der Waals surface area contributed by atoms with Crippen molar-refractivity contribution in [2.24, 2.45) is 0 Å². The van der Waals surface area contributed by atoms with Gasteiger partial charge in [0.2, 0.25) is 0 Å². The molecule has 0 aliphatic carbocycles. The molecular formula is C14H32NO3S+. The number of likely N-dealkylation sites (tertiary alicyclic amines) is 1. The molecule has 0 unspecified atom stereocenters. The van der Waals surface area contributed by atoms with Gasteiger partial charge in [0.1, 0.15) is 0 Å². The highest BCUT2D eigenvalue weighted by molar-refractivity contribution is 7.85. The van der Waals surface area contributed by atoms with Gasteiger partial charge in [0, 0.05) is 12.8 Å². The minimum Gasteiger partial charge on any atom is -0.324 e. The number of hydrogen-bond donors (Lipinski definition) is 1. The fourth-order valence-corrected chi connectivity index (χ4v) is 2.75. The second-order valence-corrected chi connectivity index (χ2v) is 7.15. The molecule has 1 heterocycles. The second kappa shape index (κ2) is 9.72. The molecule has 1 rings (SSSR count). The molecule has 1 N–H and O–H groups in total. The van der Waals surface area contributed by atoms with Crippen LogP contribution in [0.15, 0.2) is 0 Å². The standard InChI is InChI=1S/C13H28N.CH4O3S/c1-3-5-6-7-8-11-14(4-2)12-9-10-13-14;1-5(2,3)4/h3-13H2,1-2H3;1H3,(H,2,3,4)/q+1;. The van der Waals surface area contributed by atoms with E-state index in [9.17, 15) is 8.42 Å². The normalized spacial score (nSPS) is 17.9. The lowest BCUT2D eigenvalue weighted by atomic mass is 10.1. The summed E-state index contributed by atoms with van der Waals surface area (Å²) < 4.78 is 27.3. The number of hydrogen-bond acceptors (Lipinski definition) is 2. The molecule has 0 aromatic carbocycles. The van der Waals surface area contributed by atoms with Crippen molar-refractivity contribution in [3.05, 3.63) is 0 Å². The van der Waals surface area contributed by atoms with Crippen molar-refractivity contribution >= 4 is 10.1 Å². The van der Waals surface area contributed by atoms with Crippen LogP contribution >= 0.6 is 0 Å².